The minimum Gasteiger partial charge on any atom is -0.462 e. The molecule has 0 rings (SSSR count). The molecular weight excluding hydrogens is 685 g/mol. The van der Waals surface area contributed by atoms with Gasteiger partial charge in [0.2, 0.25) is 0 Å². The van der Waals surface area contributed by atoms with Crippen LogP contribution in [0.5, 0.6) is 0 Å². The van der Waals surface area contributed by atoms with Gasteiger partial charge in [0.15, 0.2) is 6.10 Å². The van der Waals surface area contributed by atoms with Crippen molar-refractivity contribution in [3.05, 3.63) is 0 Å². The second kappa shape index (κ2) is 42.0. The van der Waals surface area contributed by atoms with Crippen molar-refractivity contribution < 1.29 is 28.6 Å². The third-order valence-corrected chi connectivity index (χ3v) is 11.0. The van der Waals surface area contributed by atoms with Gasteiger partial charge in [0.1, 0.15) is 13.2 Å². The smallest absolute Gasteiger partial charge is 0.306 e. The van der Waals surface area contributed by atoms with Gasteiger partial charge < -0.3 is 14.2 Å². The van der Waals surface area contributed by atoms with Gasteiger partial charge >= 0.3 is 17.9 Å². The summed E-state index contributed by atoms with van der Waals surface area (Å²) in [6.45, 7) is 11.2. The van der Waals surface area contributed by atoms with Crippen LogP contribution < -0.4 is 0 Å². The molecule has 0 N–H and O–H groups in total. The molecule has 0 aromatic rings. The van der Waals surface area contributed by atoms with E-state index in [1.165, 1.54) is 154 Å². The van der Waals surface area contributed by atoms with E-state index in [1.54, 1.807) is 0 Å². The Morgan fingerprint density at radius 2 is 0.600 bits per heavy atom. The van der Waals surface area contributed by atoms with Crippen LogP contribution in [-0.4, -0.2) is 37.2 Å². The predicted octanol–water partition coefficient (Wildman–Crippen LogP) is 15.4. The number of rotatable bonds is 43. The number of carbonyl (C=O) groups excluding carboxylic acids is 3. The Labute approximate surface area is 342 Å². The van der Waals surface area contributed by atoms with Gasteiger partial charge in [0, 0.05) is 19.3 Å². The molecule has 0 aromatic carbocycles. The standard InChI is InChI=1S/C49H94O6/c1-6-7-8-9-10-11-12-13-14-15-16-17-18-19-20-23-31-36-41-49(52)55-46(43-54-48(51)40-35-30-26-25-28-33-38-45(4)5)42-53-47(50)39-34-29-24-21-22-27-32-37-44(2)3/h44-46H,6-43H2,1-5H3/t46-/m1/s1. The SMILES string of the molecule is CCCCCCCCCCCCCCCCCCCCC(=O)O[C@H](COC(=O)CCCCCCCCCC(C)C)COC(=O)CCCCCCCCC(C)C. The average Bonchev–Trinajstić information content (AvgIpc) is 3.15. The molecule has 0 saturated heterocycles. The van der Waals surface area contributed by atoms with Crippen LogP contribution in [0.3, 0.4) is 0 Å². The molecule has 0 aliphatic carbocycles. The Morgan fingerprint density at radius 3 is 0.891 bits per heavy atom. The van der Waals surface area contributed by atoms with Crippen molar-refractivity contribution in [2.24, 2.45) is 11.8 Å². The van der Waals surface area contributed by atoms with E-state index in [0.29, 0.717) is 19.3 Å². The van der Waals surface area contributed by atoms with Crippen LogP contribution >= 0.6 is 0 Å². The fourth-order valence-corrected chi connectivity index (χ4v) is 7.28. The highest BCUT2D eigenvalue weighted by molar-refractivity contribution is 5.71. The third kappa shape index (κ3) is 43.4. The van der Waals surface area contributed by atoms with E-state index in [0.717, 1.165) is 69.6 Å². The van der Waals surface area contributed by atoms with Crippen LogP contribution in [0.4, 0.5) is 0 Å². The summed E-state index contributed by atoms with van der Waals surface area (Å²) in [5.74, 6) is 0.683. The van der Waals surface area contributed by atoms with Crippen molar-refractivity contribution in [2.75, 3.05) is 13.2 Å². The minimum atomic E-state index is -0.761. The molecule has 55 heavy (non-hydrogen) atoms. The lowest BCUT2D eigenvalue weighted by molar-refractivity contribution is -0.167. The Hall–Kier alpha value is -1.59. The summed E-state index contributed by atoms with van der Waals surface area (Å²) in [7, 11) is 0. The van der Waals surface area contributed by atoms with E-state index in [-0.39, 0.29) is 31.1 Å². The Morgan fingerprint density at radius 1 is 0.345 bits per heavy atom. The minimum absolute atomic E-state index is 0.0663. The van der Waals surface area contributed by atoms with Crippen LogP contribution in [0.2, 0.25) is 0 Å². The molecule has 0 spiro atoms. The van der Waals surface area contributed by atoms with Crippen LogP contribution in [0.1, 0.15) is 266 Å². The first-order valence-electron chi connectivity index (χ1n) is 24.2. The van der Waals surface area contributed by atoms with Crippen molar-refractivity contribution in [1.29, 1.82) is 0 Å². The van der Waals surface area contributed by atoms with Crippen LogP contribution in [0, 0.1) is 11.8 Å². The molecule has 0 radical (unpaired) electrons. The number of hydrogen-bond donors (Lipinski definition) is 0. The van der Waals surface area contributed by atoms with Crippen molar-refractivity contribution in [3.8, 4) is 0 Å². The van der Waals surface area contributed by atoms with Crippen LogP contribution in [0.25, 0.3) is 0 Å². The maximum Gasteiger partial charge on any atom is 0.306 e. The summed E-state index contributed by atoms with van der Waals surface area (Å²) in [4.78, 5) is 37.7. The molecule has 0 aromatic heterocycles. The summed E-state index contributed by atoms with van der Waals surface area (Å²) in [5.41, 5.74) is 0. The average molecular weight is 779 g/mol. The maximum atomic E-state index is 12.7. The van der Waals surface area contributed by atoms with Gasteiger partial charge in [-0.15, -0.1) is 0 Å². The van der Waals surface area contributed by atoms with E-state index in [9.17, 15) is 14.4 Å². The van der Waals surface area contributed by atoms with E-state index in [2.05, 4.69) is 34.6 Å². The van der Waals surface area contributed by atoms with Gasteiger partial charge in [0.05, 0.1) is 0 Å². The molecule has 0 unspecified atom stereocenters. The van der Waals surface area contributed by atoms with E-state index < -0.39 is 6.10 Å². The molecule has 1 atom stereocenters. The Balaban J connectivity index is 4.25. The highest BCUT2D eigenvalue weighted by Gasteiger charge is 2.19. The summed E-state index contributed by atoms with van der Waals surface area (Å²) in [6, 6.07) is 0. The molecule has 6 nitrogen and oxygen atoms in total. The van der Waals surface area contributed by atoms with Gasteiger partial charge in [-0.1, -0.05) is 227 Å². The van der Waals surface area contributed by atoms with Crippen molar-refractivity contribution in [1.82, 2.24) is 0 Å². The molecule has 0 amide bonds. The van der Waals surface area contributed by atoms with Crippen molar-refractivity contribution in [2.45, 2.75) is 272 Å². The number of carbonyl (C=O) groups is 3. The highest BCUT2D eigenvalue weighted by atomic mass is 16.6. The molecule has 326 valence electrons. The summed E-state index contributed by atoms with van der Waals surface area (Å²) in [5, 5.41) is 0. The summed E-state index contributed by atoms with van der Waals surface area (Å²) in [6.07, 6.45) is 41.2. The van der Waals surface area contributed by atoms with Crippen LogP contribution in [-0.2, 0) is 28.6 Å². The predicted molar refractivity (Wildman–Crippen MR) is 233 cm³/mol. The third-order valence-electron chi connectivity index (χ3n) is 11.0. The van der Waals surface area contributed by atoms with E-state index in [4.69, 9.17) is 14.2 Å². The zero-order valence-corrected chi connectivity index (χ0v) is 37.6. The van der Waals surface area contributed by atoms with Crippen LogP contribution in [0.15, 0.2) is 0 Å². The Bertz CT molecular complexity index is 839. The van der Waals surface area contributed by atoms with Crippen molar-refractivity contribution in [3.63, 3.8) is 0 Å². The monoisotopic (exact) mass is 779 g/mol. The van der Waals surface area contributed by atoms with Gasteiger partial charge in [-0.3, -0.25) is 14.4 Å². The fourth-order valence-electron chi connectivity index (χ4n) is 7.28. The van der Waals surface area contributed by atoms with Crippen molar-refractivity contribution >= 4 is 17.9 Å². The summed E-state index contributed by atoms with van der Waals surface area (Å²) < 4.78 is 16.7. The largest absolute Gasteiger partial charge is 0.462 e. The topological polar surface area (TPSA) is 78.9 Å². The quantitative estimate of drug-likeness (QED) is 0.0348. The van der Waals surface area contributed by atoms with E-state index in [1.807, 2.05) is 0 Å². The lowest BCUT2D eigenvalue weighted by Crippen LogP contribution is -2.30. The normalized spacial score (nSPS) is 12.1. The number of ether oxygens (including phenoxy) is 3. The zero-order chi connectivity index (χ0) is 40.5. The van der Waals surface area contributed by atoms with E-state index >= 15 is 0 Å². The maximum absolute atomic E-state index is 12.7. The molecule has 0 fully saturated rings. The second-order valence-corrected chi connectivity index (χ2v) is 17.7. The molecular formula is C49H94O6. The summed E-state index contributed by atoms with van der Waals surface area (Å²) >= 11 is 0. The lowest BCUT2D eigenvalue weighted by atomic mass is 10.0. The number of unbranched alkanes of at least 4 members (excludes halogenated alkanes) is 28. The van der Waals surface area contributed by atoms with Gasteiger partial charge in [-0.2, -0.15) is 0 Å². The first-order chi connectivity index (χ1) is 26.7. The van der Waals surface area contributed by atoms with Gasteiger partial charge in [-0.05, 0) is 31.1 Å². The fraction of sp³-hybridized carbons (Fsp3) is 0.939. The first-order valence-corrected chi connectivity index (χ1v) is 24.2. The molecule has 0 bridgehead atoms. The zero-order valence-electron chi connectivity index (χ0n) is 37.6. The molecule has 0 aliphatic rings. The molecule has 6 heteroatoms. The molecule has 0 aliphatic heterocycles. The Kier molecular flexibility index (Phi) is 40.8. The lowest BCUT2D eigenvalue weighted by Gasteiger charge is -2.18. The second-order valence-electron chi connectivity index (χ2n) is 17.7. The first kappa shape index (κ1) is 53.4. The van der Waals surface area contributed by atoms with Gasteiger partial charge in [0.25, 0.3) is 0 Å². The molecule has 0 heterocycles. The van der Waals surface area contributed by atoms with Gasteiger partial charge in [-0.25, -0.2) is 0 Å². The number of hydrogen-bond acceptors (Lipinski definition) is 6. The molecule has 0 saturated carbocycles. The highest BCUT2D eigenvalue weighted by Crippen LogP contribution is 2.17. The number of esters is 3.